The van der Waals surface area contributed by atoms with Gasteiger partial charge in [0.2, 0.25) is 5.91 Å². The Labute approximate surface area is 129 Å². The van der Waals surface area contributed by atoms with Crippen molar-refractivity contribution >= 4 is 23.2 Å². The molecule has 0 aromatic heterocycles. The van der Waals surface area contributed by atoms with Gasteiger partial charge in [-0.05, 0) is 36.2 Å². The third-order valence-electron chi connectivity index (χ3n) is 3.86. The first kappa shape index (κ1) is 14.0. The summed E-state index contributed by atoms with van der Waals surface area (Å²) in [6.07, 6.45) is 0. The van der Waals surface area contributed by atoms with Crippen LogP contribution in [-0.2, 0) is 4.79 Å². The number of benzene rings is 2. The van der Waals surface area contributed by atoms with E-state index in [1.54, 1.807) is 0 Å². The molecule has 108 valence electrons. The van der Waals surface area contributed by atoms with Gasteiger partial charge >= 0.3 is 0 Å². The molecule has 0 aliphatic carbocycles. The molecule has 3 nitrogen and oxygen atoms in total. The number of fused-ring (bicyclic) bond motifs is 1. The number of amides is 1. The van der Waals surface area contributed by atoms with E-state index in [0.29, 0.717) is 11.6 Å². The Morgan fingerprint density at radius 3 is 2.90 bits per heavy atom. The zero-order valence-corrected chi connectivity index (χ0v) is 12.5. The number of hydrogen-bond donors (Lipinski definition) is 2. The Bertz CT molecular complexity index is 671. The number of hydrogen-bond acceptors (Lipinski definition) is 2. The van der Waals surface area contributed by atoms with Gasteiger partial charge in [0.05, 0.1) is 12.0 Å². The summed E-state index contributed by atoms with van der Waals surface area (Å²) in [6, 6.07) is 15.5. The average molecular weight is 301 g/mol. The molecule has 0 saturated carbocycles. The van der Waals surface area contributed by atoms with Crippen LogP contribution in [0.1, 0.15) is 30.0 Å². The van der Waals surface area contributed by atoms with Gasteiger partial charge < -0.3 is 10.6 Å². The quantitative estimate of drug-likeness (QED) is 0.907. The first-order valence-electron chi connectivity index (χ1n) is 7.04. The van der Waals surface area contributed by atoms with Gasteiger partial charge in [-0.3, -0.25) is 4.79 Å². The van der Waals surface area contributed by atoms with Crippen molar-refractivity contribution in [1.82, 2.24) is 5.32 Å². The number of rotatable bonds is 3. The van der Waals surface area contributed by atoms with E-state index in [9.17, 15) is 4.79 Å². The topological polar surface area (TPSA) is 41.1 Å². The first-order chi connectivity index (χ1) is 10.1. The lowest BCUT2D eigenvalue weighted by atomic mass is 9.99. The summed E-state index contributed by atoms with van der Waals surface area (Å²) >= 11 is 6.00. The highest BCUT2D eigenvalue weighted by Crippen LogP contribution is 2.31. The maximum Gasteiger partial charge on any atom is 0.229 e. The van der Waals surface area contributed by atoms with Gasteiger partial charge in [0.1, 0.15) is 0 Å². The molecular formula is C17H17ClN2O. The molecule has 21 heavy (non-hydrogen) atoms. The second-order valence-electron chi connectivity index (χ2n) is 5.31. The number of halogens is 1. The second kappa shape index (κ2) is 5.78. The maximum atomic E-state index is 12.5. The largest absolute Gasteiger partial charge is 0.384 e. The zero-order valence-electron chi connectivity index (χ0n) is 11.8. The van der Waals surface area contributed by atoms with Crippen molar-refractivity contribution in [2.45, 2.75) is 18.9 Å². The summed E-state index contributed by atoms with van der Waals surface area (Å²) in [5.41, 5.74) is 3.12. The van der Waals surface area contributed by atoms with Crippen LogP contribution in [0.15, 0.2) is 48.5 Å². The van der Waals surface area contributed by atoms with E-state index in [1.807, 2.05) is 55.5 Å². The standard InChI is InChI=1S/C17H17ClN2O/c1-11(12-5-4-6-13(18)9-12)20-17(21)15-10-19-16-8-3-2-7-14(15)16/h2-9,11,15,19H,10H2,1H3,(H,20,21)/t11-,15?/m1/s1. The summed E-state index contributed by atoms with van der Waals surface area (Å²) in [5, 5.41) is 7.02. The summed E-state index contributed by atoms with van der Waals surface area (Å²) in [4.78, 5) is 12.5. The number of carbonyl (C=O) groups excluding carboxylic acids is 1. The van der Waals surface area contributed by atoms with Crippen molar-refractivity contribution in [2.75, 3.05) is 11.9 Å². The predicted molar refractivity (Wildman–Crippen MR) is 85.7 cm³/mol. The van der Waals surface area contributed by atoms with E-state index >= 15 is 0 Å². The van der Waals surface area contributed by atoms with Crippen LogP contribution in [0.2, 0.25) is 5.02 Å². The van der Waals surface area contributed by atoms with Crippen molar-refractivity contribution in [3.05, 3.63) is 64.7 Å². The fourth-order valence-corrected chi connectivity index (χ4v) is 2.89. The van der Waals surface area contributed by atoms with E-state index in [2.05, 4.69) is 10.6 Å². The molecule has 3 rings (SSSR count). The van der Waals surface area contributed by atoms with Crippen LogP contribution in [0.4, 0.5) is 5.69 Å². The third kappa shape index (κ3) is 2.88. The average Bonchev–Trinajstić information content (AvgIpc) is 2.91. The van der Waals surface area contributed by atoms with E-state index in [-0.39, 0.29) is 17.9 Å². The Morgan fingerprint density at radius 2 is 2.10 bits per heavy atom. The van der Waals surface area contributed by atoms with Gasteiger partial charge in [0.15, 0.2) is 0 Å². The molecule has 0 fully saturated rings. The highest BCUT2D eigenvalue weighted by molar-refractivity contribution is 6.30. The molecule has 4 heteroatoms. The third-order valence-corrected chi connectivity index (χ3v) is 4.09. The Morgan fingerprint density at radius 1 is 1.29 bits per heavy atom. The van der Waals surface area contributed by atoms with Crippen molar-refractivity contribution in [1.29, 1.82) is 0 Å². The van der Waals surface area contributed by atoms with Gasteiger partial charge in [-0.15, -0.1) is 0 Å². The van der Waals surface area contributed by atoms with Gasteiger partial charge in [0, 0.05) is 17.3 Å². The van der Waals surface area contributed by atoms with Crippen LogP contribution in [0.25, 0.3) is 0 Å². The maximum absolute atomic E-state index is 12.5. The highest BCUT2D eigenvalue weighted by atomic mass is 35.5. The van der Waals surface area contributed by atoms with Crippen LogP contribution < -0.4 is 10.6 Å². The molecule has 0 radical (unpaired) electrons. The van der Waals surface area contributed by atoms with Crippen LogP contribution in [-0.4, -0.2) is 12.5 Å². The molecule has 0 spiro atoms. The van der Waals surface area contributed by atoms with Gasteiger partial charge in [-0.1, -0.05) is 41.9 Å². The van der Waals surface area contributed by atoms with Gasteiger partial charge in [-0.2, -0.15) is 0 Å². The fourth-order valence-electron chi connectivity index (χ4n) is 2.69. The molecule has 0 bridgehead atoms. The van der Waals surface area contributed by atoms with Crippen LogP contribution >= 0.6 is 11.6 Å². The van der Waals surface area contributed by atoms with Crippen LogP contribution in [0, 0.1) is 0 Å². The zero-order chi connectivity index (χ0) is 14.8. The molecule has 2 aromatic carbocycles. The molecule has 0 saturated heterocycles. The van der Waals surface area contributed by atoms with E-state index in [4.69, 9.17) is 11.6 Å². The SMILES string of the molecule is C[C@@H](NC(=O)C1CNc2ccccc21)c1cccc(Cl)c1. The molecule has 2 atom stereocenters. The van der Waals surface area contributed by atoms with Crippen LogP contribution in [0.5, 0.6) is 0 Å². The first-order valence-corrected chi connectivity index (χ1v) is 7.41. The normalized spacial score (nSPS) is 17.7. The Balaban J connectivity index is 1.73. The Hall–Kier alpha value is -2.00. The Kier molecular flexibility index (Phi) is 3.84. The van der Waals surface area contributed by atoms with Gasteiger partial charge in [0.25, 0.3) is 0 Å². The summed E-state index contributed by atoms with van der Waals surface area (Å²) in [6.45, 7) is 2.62. The summed E-state index contributed by atoms with van der Waals surface area (Å²) in [5.74, 6) is -0.0947. The van der Waals surface area contributed by atoms with Crippen molar-refractivity contribution in [3.8, 4) is 0 Å². The number of para-hydroxylation sites is 1. The summed E-state index contributed by atoms with van der Waals surface area (Å²) < 4.78 is 0. The van der Waals surface area contributed by atoms with Crippen molar-refractivity contribution < 1.29 is 4.79 Å². The van der Waals surface area contributed by atoms with Crippen molar-refractivity contribution in [2.24, 2.45) is 0 Å². The minimum absolute atomic E-state index is 0.0416. The number of anilines is 1. The smallest absolute Gasteiger partial charge is 0.229 e. The lowest BCUT2D eigenvalue weighted by Gasteiger charge is -2.18. The molecule has 1 aliphatic rings. The predicted octanol–water partition coefficient (Wildman–Crippen LogP) is 3.73. The molecule has 1 unspecified atom stereocenters. The molecule has 1 heterocycles. The van der Waals surface area contributed by atoms with Crippen LogP contribution in [0.3, 0.4) is 0 Å². The molecule has 2 aromatic rings. The highest BCUT2D eigenvalue weighted by Gasteiger charge is 2.28. The lowest BCUT2D eigenvalue weighted by molar-refractivity contribution is -0.122. The molecule has 1 aliphatic heterocycles. The van der Waals surface area contributed by atoms with Crippen molar-refractivity contribution in [3.63, 3.8) is 0 Å². The summed E-state index contributed by atoms with van der Waals surface area (Å²) in [7, 11) is 0. The number of carbonyl (C=O) groups is 1. The van der Waals surface area contributed by atoms with E-state index in [0.717, 1.165) is 16.8 Å². The second-order valence-corrected chi connectivity index (χ2v) is 5.74. The minimum Gasteiger partial charge on any atom is -0.384 e. The molecule has 2 N–H and O–H groups in total. The lowest BCUT2D eigenvalue weighted by Crippen LogP contribution is -2.32. The van der Waals surface area contributed by atoms with E-state index in [1.165, 1.54) is 0 Å². The fraction of sp³-hybridized carbons (Fsp3) is 0.235. The number of nitrogens with one attached hydrogen (secondary N) is 2. The minimum atomic E-state index is -0.136. The van der Waals surface area contributed by atoms with Gasteiger partial charge in [-0.25, -0.2) is 0 Å². The molecular weight excluding hydrogens is 284 g/mol. The molecule has 1 amide bonds. The monoisotopic (exact) mass is 300 g/mol. The van der Waals surface area contributed by atoms with E-state index < -0.39 is 0 Å².